The molecule has 0 amide bonds. The Bertz CT molecular complexity index is 393. The van der Waals surface area contributed by atoms with Crippen molar-refractivity contribution in [2.24, 2.45) is 0 Å². The quantitative estimate of drug-likeness (QED) is 0.668. The third-order valence-corrected chi connectivity index (χ3v) is 2.35. The van der Waals surface area contributed by atoms with Gasteiger partial charge in [0.1, 0.15) is 5.75 Å². The third-order valence-electron chi connectivity index (χ3n) is 1.82. The first-order chi connectivity index (χ1) is 7.29. The van der Waals surface area contributed by atoms with Crippen molar-refractivity contribution in [3.63, 3.8) is 0 Å². The molecule has 0 saturated heterocycles. The summed E-state index contributed by atoms with van der Waals surface area (Å²) in [5, 5.41) is 9.12. The van der Waals surface area contributed by atoms with Gasteiger partial charge in [0.2, 0.25) is 0 Å². The summed E-state index contributed by atoms with van der Waals surface area (Å²) in [5.74, 6) is -1.12. The molecule has 1 N–H and O–H groups in total. The Balaban J connectivity index is 3.47. The third kappa shape index (κ3) is 2.42. The second kappa shape index (κ2) is 4.52. The van der Waals surface area contributed by atoms with Crippen LogP contribution < -0.4 is 0 Å². The zero-order valence-electron chi connectivity index (χ0n) is 7.52. The van der Waals surface area contributed by atoms with Crippen LogP contribution in [0.5, 0.6) is 5.75 Å². The maximum absolute atomic E-state index is 12.4. The van der Waals surface area contributed by atoms with E-state index in [4.69, 9.17) is 0 Å². The number of aromatic hydroxyl groups is 1. The molecule has 0 saturated carbocycles. The van der Waals surface area contributed by atoms with Crippen LogP contribution in [-0.2, 0) is 11.5 Å². The van der Waals surface area contributed by atoms with Crippen molar-refractivity contribution >= 4 is 15.9 Å². The smallest absolute Gasteiger partial charge is 0.418 e. The van der Waals surface area contributed by atoms with Gasteiger partial charge in [-0.15, -0.1) is 0 Å². The highest BCUT2D eigenvalue weighted by molar-refractivity contribution is 9.08. The molecule has 0 aliphatic carbocycles. The van der Waals surface area contributed by atoms with Gasteiger partial charge in [0.15, 0.2) is 0 Å². The number of nitrogens with zero attached hydrogens (tertiary/aromatic N) is 1. The van der Waals surface area contributed by atoms with Crippen molar-refractivity contribution in [1.29, 1.82) is 0 Å². The Morgan fingerprint density at radius 3 is 2.31 bits per heavy atom. The maximum Gasteiger partial charge on any atom is 0.418 e. The van der Waals surface area contributed by atoms with Gasteiger partial charge in [-0.25, -0.2) is 8.78 Å². The fourth-order valence-corrected chi connectivity index (χ4v) is 1.51. The van der Waals surface area contributed by atoms with E-state index in [0.29, 0.717) is 0 Å². The van der Waals surface area contributed by atoms with Gasteiger partial charge in [0.05, 0.1) is 16.8 Å². The molecule has 0 bridgehead atoms. The number of aromatic nitrogens is 1. The van der Waals surface area contributed by atoms with Crippen LogP contribution in [0.3, 0.4) is 0 Å². The lowest BCUT2D eigenvalue weighted by Gasteiger charge is -2.14. The molecule has 1 aromatic rings. The van der Waals surface area contributed by atoms with Gasteiger partial charge < -0.3 is 5.11 Å². The first kappa shape index (κ1) is 13.1. The topological polar surface area (TPSA) is 33.1 Å². The molecule has 8 heteroatoms. The van der Waals surface area contributed by atoms with Crippen molar-refractivity contribution < 1.29 is 27.1 Å². The van der Waals surface area contributed by atoms with E-state index >= 15 is 0 Å². The molecular formula is C8H5BrF5NO. The van der Waals surface area contributed by atoms with E-state index < -0.39 is 29.5 Å². The van der Waals surface area contributed by atoms with E-state index in [1.165, 1.54) is 0 Å². The molecule has 0 fully saturated rings. The van der Waals surface area contributed by atoms with Gasteiger partial charge in [-0.1, -0.05) is 15.9 Å². The molecule has 1 aromatic heterocycles. The zero-order chi connectivity index (χ0) is 12.5. The highest BCUT2D eigenvalue weighted by Gasteiger charge is 2.38. The summed E-state index contributed by atoms with van der Waals surface area (Å²) in [7, 11) is 0. The van der Waals surface area contributed by atoms with E-state index in [0.717, 1.165) is 0 Å². The fourth-order valence-electron chi connectivity index (χ4n) is 1.10. The largest absolute Gasteiger partial charge is 0.505 e. The Morgan fingerprint density at radius 1 is 1.38 bits per heavy atom. The summed E-state index contributed by atoms with van der Waals surface area (Å²) >= 11 is 2.82. The second-order valence-corrected chi connectivity index (χ2v) is 3.37. The molecule has 0 aliphatic heterocycles. The lowest BCUT2D eigenvalue weighted by molar-refractivity contribution is -0.140. The van der Waals surface area contributed by atoms with E-state index in [1.807, 2.05) is 0 Å². The molecular weight excluding hydrogens is 301 g/mol. The van der Waals surface area contributed by atoms with Crippen molar-refractivity contribution in [3.8, 4) is 5.75 Å². The summed E-state index contributed by atoms with van der Waals surface area (Å²) in [6, 6.07) is 0. The molecule has 1 heterocycles. The Labute approximate surface area is 95.2 Å². The Kier molecular flexibility index (Phi) is 3.72. The van der Waals surface area contributed by atoms with E-state index in [9.17, 15) is 27.1 Å². The SMILES string of the molecule is Oc1c(CBr)ncc(C(F)(F)F)c1C(F)F. The van der Waals surface area contributed by atoms with Crippen LogP contribution in [0.25, 0.3) is 0 Å². The lowest BCUT2D eigenvalue weighted by atomic mass is 10.1. The van der Waals surface area contributed by atoms with Gasteiger partial charge in [0.25, 0.3) is 6.43 Å². The van der Waals surface area contributed by atoms with Crippen LogP contribution in [0, 0.1) is 0 Å². The van der Waals surface area contributed by atoms with Crippen molar-refractivity contribution in [2.75, 3.05) is 0 Å². The minimum absolute atomic E-state index is 0.114. The molecule has 0 aromatic carbocycles. The molecule has 90 valence electrons. The van der Waals surface area contributed by atoms with E-state index in [-0.39, 0.29) is 17.2 Å². The molecule has 0 unspecified atom stereocenters. The number of halogens is 6. The lowest BCUT2D eigenvalue weighted by Crippen LogP contribution is -2.11. The summed E-state index contributed by atoms with van der Waals surface area (Å²) in [6.45, 7) is 0. The molecule has 2 nitrogen and oxygen atoms in total. The molecule has 0 aliphatic rings. The van der Waals surface area contributed by atoms with Crippen LogP contribution in [0.15, 0.2) is 6.20 Å². The average molecular weight is 306 g/mol. The van der Waals surface area contributed by atoms with Gasteiger partial charge in [-0.2, -0.15) is 13.2 Å². The van der Waals surface area contributed by atoms with Crippen molar-refractivity contribution in [2.45, 2.75) is 17.9 Å². The molecule has 0 spiro atoms. The maximum atomic E-state index is 12.4. The zero-order valence-corrected chi connectivity index (χ0v) is 9.11. The Hall–Kier alpha value is -0.920. The highest BCUT2D eigenvalue weighted by Crippen LogP contribution is 2.41. The van der Waals surface area contributed by atoms with Gasteiger partial charge >= 0.3 is 6.18 Å². The number of rotatable bonds is 2. The predicted octanol–water partition coefficient (Wildman–Crippen LogP) is 3.64. The van der Waals surface area contributed by atoms with Crippen molar-refractivity contribution in [3.05, 3.63) is 23.0 Å². The van der Waals surface area contributed by atoms with Crippen LogP contribution in [-0.4, -0.2) is 10.1 Å². The predicted molar refractivity (Wildman–Crippen MR) is 48.5 cm³/mol. The fraction of sp³-hybridized carbons (Fsp3) is 0.375. The summed E-state index contributed by atoms with van der Waals surface area (Å²) in [5.41, 5.74) is -3.31. The van der Waals surface area contributed by atoms with Crippen LogP contribution in [0.2, 0.25) is 0 Å². The Morgan fingerprint density at radius 2 is 1.94 bits per heavy atom. The average Bonchev–Trinajstić information content (AvgIpc) is 2.15. The van der Waals surface area contributed by atoms with Crippen molar-refractivity contribution in [1.82, 2.24) is 4.98 Å². The van der Waals surface area contributed by atoms with Crippen LogP contribution in [0.1, 0.15) is 23.2 Å². The monoisotopic (exact) mass is 305 g/mol. The summed E-state index contributed by atoms with van der Waals surface area (Å²) in [6.07, 6.45) is -8.10. The summed E-state index contributed by atoms with van der Waals surface area (Å²) in [4.78, 5) is 3.26. The first-order valence-corrected chi connectivity index (χ1v) is 5.03. The van der Waals surface area contributed by atoms with Gasteiger partial charge in [-0.3, -0.25) is 4.98 Å². The molecule has 1 rings (SSSR count). The van der Waals surface area contributed by atoms with Gasteiger partial charge in [-0.05, 0) is 0 Å². The van der Waals surface area contributed by atoms with E-state index in [2.05, 4.69) is 20.9 Å². The standard InChI is InChI=1S/C8H5BrF5NO/c9-1-4-6(16)5(7(10)11)3(2-15-4)8(12,13)14/h2,7,16H,1H2. The number of alkyl halides is 6. The minimum Gasteiger partial charge on any atom is -0.505 e. The molecule has 16 heavy (non-hydrogen) atoms. The van der Waals surface area contributed by atoms with Gasteiger partial charge in [0, 0.05) is 11.5 Å². The highest BCUT2D eigenvalue weighted by atomic mass is 79.9. The molecule has 0 radical (unpaired) electrons. The summed E-state index contributed by atoms with van der Waals surface area (Å²) < 4.78 is 61.8. The normalized spacial score (nSPS) is 12.2. The number of hydrogen-bond acceptors (Lipinski definition) is 2. The number of pyridine rings is 1. The first-order valence-electron chi connectivity index (χ1n) is 3.91. The van der Waals surface area contributed by atoms with Crippen LogP contribution >= 0.6 is 15.9 Å². The minimum atomic E-state index is -4.97. The van der Waals surface area contributed by atoms with E-state index in [1.54, 1.807) is 0 Å². The second-order valence-electron chi connectivity index (χ2n) is 2.81. The number of hydrogen-bond donors (Lipinski definition) is 1. The molecule has 0 atom stereocenters. The van der Waals surface area contributed by atoms with Crippen LogP contribution in [0.4, 0.5) is 22.0 Å².